The molecule has 5 rings (SSSR count). The molecule has 140 valence electrons. The van der Waals surface area contributed by atoms with Crippen LogP contribution in [0.25, 0.3) is 0 Å². The van der Waals surface area contributed by atoms with E-state index in [1.165, 1.54) is 0 Å². The van der Waals surface area contributed by atoms with Gasteiger partial charge in [-0.2, -0.15) is 0 Å². The number of hydrogen-bond acceptors (Lipinski definition) is 5. The molecule has 2 aromatic carbocycles. The van der Waals surface area contributed by atoms with E-state index in [2.05, 4.69) is 29.6 Å². The molecule has 0 fully saturated rings. The average Bonchev–Trinajstić information content (AvgIpc) is 3.12. The van der Waals surface area contributed by atoms with Crippen molar-refractivity contribution in [3.05, 3.63) is 95.4 Å². The highest BCUT2D eigenvalue weighted by molar-refractivity contribution is 6.11. The van der Waals surface area contributed by atoms with Gasteiger partial charge < -0.3 is 19.9 Å². The van der Waals surface area contributed by atoms with Gasteiger partial charge in [0.1, 0.15) is 17.6 Å². The molecule has 0 bridgehead atoms. The zero-order chi connectivity index (χ0) is 19.1. The van der Waals surface area contributed by atoms with Crippen molar-refractivity contribution in [1.82, 2.24) is 5.32 Å². The quantitative estimate of drug-likeness (QED) is 0.857. The molecule has 28 heavy (non-hydrogen) atoms. The molecular weight excluding hydrogens is 352 g/mol. The van der Waals surface area contributed by atoms with Crippen molar-refractivity contribution < 1.29 is 14.6 Å². The molecule has 0 amide bonds. The van der Waals surface area contributed by atoms with Crippen LogP contribution in [0.2, 0.25) is 0 Å². The Morgan fingerprint density at radius 2 is 1.86 bits per heavy atom. The van der Waals surface area contributed by atoms with E-state index in [0.717, 1.165) is 22.6 Å². The first kappa shape index (κ1) is 16.7. The van der Waals surface area contributed by atoms with E-state index >= 15 is 0 Å². The fourth-order valence-electron chi connectivity index (χ4n) is 3.91. The number of hydrogen-bond donors (Lipinski definition) is 2. The van der Waals surface area contributed by atoms with Gasteiger partial charge in [-0.15, -0.1) is 0 Å². The molecule has 0 radical (unpaired) electrons. The first-order valence-corrected chi connectivity index (χ1v) is 9.27. The summed E-state index contributed by atoms with van der Waals surface area (Å²) in [6.07, 6.45) is 9.77. The third kappa shape index (κ3) is 2.67. The van der Waals surface area contributed by atoms with Gasteiger partial charge in [-0.1, -0.05) is 48.6 Å². The molecule has 5 nitrogen and oxygen atoms in total. The molecular formula is C23H20N2O3. The molecule has 3 unspecified atom stereocenters. The molecule has 5 heteroatoms. The van der Waals surface area contributed by atoms with E-state index in [1.807, 2.05) is 36.4 Å². The molecule has 3 atom stereocenters. The Labute approximate surface area is 163 Å². The van der Waals surface area contributed by atoms with Crippen molar-refractivity contribution in [1.29, 1.82) is 0 Å². The van der Waals surface area contributed by atoms with Crippen molar-refractivity contribution in [3.63, 3.8) is 0 Å². The van der Waals surface area contributed by atoms with E-state index in [0.29, 0.717) is 11.4 Å². The molecule has 0 saturated carbocycles. The number of ether oxygens (including phenoxy) is 2. The van der Waals surface area contributed by atoms with Crippen LogP contribution in [0, 0.1) is 0 Å². The van der Waals surface area contributed by atoms with Gasteiger partial charge in [0, 0.05) is 28.7 Å². The van der Waals surface area contributed by atoms with E-state index in [-0.39, 0.29) is 17.8 Å². The van der Waals surface area contributed by atoms with Crippen molar-refractivity contribution in [3.8, 4) is 11.5 Å². The largest absolute Gasteiger partial charge is 0.508 e. The third-order valence-corrected chi connectivity index (χ3v) is 5.29. The van der Waals surface area contributed by atoms with Crippen LogP contribution in [0.1, 0.15) is 28.8 Å². The number of benzene rings is 2. The summed E-state index contributed by atoms with van der Waals surface area (Å²) in [5.41, 5.74) is 3.53. The van der Waals surface area contributed by atoms with E-state index in [4.69, 9.17) is 14.5 Å². The maximum atomic E-state index is 10.3. The molecule has 2 aliphatic heterocycles. The molecule has 0 spiro atoms. The van der Waals surface area contributed by atoms with Crippen LogP contribution in [0.5, 0.6) is 11.5 Å². The first-order chi connectivity index (χ1) is 13.7. The summed E-state index contributed by atoms with van der Waals surface area (Å²) in [5, 5.41) is 13.5. The van der Waals surface area contributed by atoms with E-state index < -0.39 is 6.17 Å². The van der Waals surface area contributed by atoms with Gasteiger partial charge >= 0.3 is 0 Å². The number of nitrogens with one attached hydrogen (secondary N) is 1. The summed E-state index contributed by atoms with van der Waals surface area (Å²) < 4.78 is 11.7. The normalized spacial score (nSPS) is 24.4. The van der Waals surface area contributed by atoms with Gasteiger partial charge in [-0.25, -0.2) is 0 Å². The number of aliphatic imine (C=N–C) groups is 1. The second-order valence-corrected chi connectivity index (χ2v) is 6.93. The molecule has 2 heterocycles. The number of nitrogens with zero attached hydrogens (tertiary/aromatic N) is 1. The number of phenols is 1. The minimum atomic E-state index is -0.449. The van der Waals surface area contributed by atoms with Crippen LogP contribution in [-0.4, -0.2) is 24.0 Å². The number of phenolic OH excluding ortho intramolecular Hbond substituents is 1. The van der Waals surface area contributed by atoms with Crippen LogP contribution in [-0.2, 0) is 4.74 Å². The summed E-state index contributed by atoms with van der Waals surface area (Å²) in [6, 6.07) is 13.3. The Balaban J connectivity index is 1.60. The molecule has 0 saturated heterocycles. The minimum Gasteiger partial charge on any atom is -0.508 e. The summed E-state index contributed by atoms with van der Waals surface area (Å²) in [7, 11) is 1.61. The number of rotatable bonds is 3. The molecule has 2 aromatic rings. The SMILES string of the molecule is COC1=CC(c2cccc3c2OC2C=CC=CC32)=NC(c2ccccc2O)N1. The lowest BCUT2D eigenvalue weighted by Crippen LogP contribution is -2.26. The summed E-state index contributed by atoms with van der Waals surface area (Å²) in [4.78, 5) is 4.85. The van der Waals surface area contributed by atoms with E-state index in [9.17, 15) is 5.11 Å². The number of methoxy groups -OCH3 is 1. The fraction of sp³-hybridized carbons (Fsp3) is 0.174. The van der Waals surface area contributed by atoms with Crippen LogP contribution in [0.4, 0.5) is 0 Å². The van der Waals surface area contributed by atoms with Crippen molar-refractivity contribution >= 4 is 5.71 Å². The van der Waals surface area contributed by atoms with Crippen molar-refractivity contribution in [2.75, 3.05) is 7.11 Å². The Hall–Kier alpha value is -3.47. The molecule has 1 aliphatic carbocycles. The lowest BCUT2D eigenvalue weighted by Gasteiger charge is -2.24. The fourth-order valence-corrected chi connectivity index (χ4v) is 3.91. The summed E-state index contributed by atoms with van der Waals surface area (Å²) in [6.45, 7) is 0. The Kier molecular flexibility index (Phi) is 3.93. The highest BCUT2D eigenvalue weighted by Gasteiger charge is 2.34. The van der Waals surface area contributed by atoms with E-state index in [1.54, 1.807) is 19.2 Å². The topological polar surface area (TPSA) is 63.1 Å². The van der Waals surface area contributed by atoms with Crippen LogP contribution >= 0.6 is 0 Å². The van der Waals surface area contributed by atoms with Gasteiger partial charge in [0.2, 0.25) is 0 Å². The predicted octanol–water partition coefficient (Wildman–Crippen LogP) is 3.94. The number of para-hydroxylation sites is 2. The predicted molar refractivity (Wildman–Crippen MR) is 107 cm³/mol. The third-order valence-electron chi connectivity index (χ3n) is 5.29. The Morgan fingerprint density at radius 3 is 2.71 bits per heavy atom. The maximum absolute atomic E-state index is 10.3. The standard InChI is InChI=1S/C23H20N2O3/c1-27-21-13-18(24-23(25-21)17-8-2-4-11-19(17)26)16-10-6-9-15-14-7-3-5-12-20(14)28-22(15)16/h2-14,20,23,25-26H,1H3. The lowest BCUT2D eigenvalue weighted by molar-refractivity contribution is 0.247. The number of fused-ring (bicyclic) bond motifs is 3. The minimum absolute atomic E-state index is 0.0169. The molecule has 3 aliphatic rings. The molecule has 2 N–H and O–H groups in total. The van der Waals surface area contributed by atoms with Crippen LogP contribution < -0.4 is 10.1 Å². The van der Waals surface area contributed by atoms with Crippen molar-refractivity contribution in [2.24, 2.45) is 4.99 Å². The zero-order valence-corrected chi connectivity index (χ0v) is 15.4. The number of aromatic hydroxyl groups is 1. The average molecular weight is 372 g/mol. The summed E-state index contributed by atoms with van der Waals surface area (Å²) >= 11 is 0. The van der Waals surface area contributed by atoms with Gasteiger partial charge in [0.15, 0.2) is 12.0 Å². The van der Waals surface area contributed by atoms with Gasteiger partial charge in [-0.05, 0) is 18.2 Å². The van der Waals surface area contributed by atoms with Gasteiger partial charge in [-0.3, -0.25) is 4.99 Å². The Bertz CT molecular complexity index is 1050. The summed E-state index contributed by atoms with van der Waals surface area (Å²) in [5.74, 6) is 1.86. The highest BCUT2D eigenvalue weighted by Crippen LogP contribution is 2.44. The maximum Gasteiger partial charge on any atom is 0.190 e. The zero-order valence-electron chi connectivity index (χ0n) is 15.4. The monoisotopic (exact) mass is 372 g/mol. The second kappa shape index (κ2) is 6.60. The van der Waals surface area contributed by atoms with Gasteiger partial charge in [0.25, 0.3) is 0 Å². The van der Waals surface area contributed by atoms with Crippen molar-refractivity contribution in [2.45, 2.75) is 18.2 Å². The number of allylic oxidation sites excluding steroid dienone is 3. The second-order valence-electron chi connectivity index (χ2n) is 6.93. The van der Waals surface area contributed by atoms with Gasteiger partial charge in [0.05, 0.1) is 12.8 Å². The van der Waals surface area contributed by atoms with Crippen LogP contribution in [0.15, 0.2) is 83.7 Å². The first-order valence-electron chi connectivity index (χ1n) is 9.27. The smallest absolute Gasteiger partial charge is 0.190 e. The lowest BCUT2D eigenvalue weighted by atomic mass is 9.90. The highest BCUT2D eigenvalue weighted by atomic mass is 16.5. The van der Waals surface area contributed by atoms with Crippen LogP contribution in [0.3, 0.4) is 0 Å². The molecule has 0 aromatic heterocycles. The Morgan fingerprint density at radius 1 is 1.04 bits per heavy atom.